The summed E-state index contributed by atoms with van der Waals surface area (Å²) in [6.07, 6.45) is 6.58. The summed E-state index contributed by atoms with van der Waals surface area (Å²) in [6, 6.07) is 1.97. The molecule has 0 amide bonds. The molecule has 0 unspecified atom stereocenters. The van der Waals surface area contributed by atoms with E-state index < -0.39 is 0 Å². The highest BCUT2D eigenvalue weighted by Crippen LogP contribution is 2.06. The quantitative estimate of drug-likeness (QED) is 0.795. The van der Waals surface area contributed by atoms with Gasteiger partial charge in [-0.1, -0.05) is 6.92 Å². The third-order valence-corrected chi connectivity index (χ3v) is 3.07. The summed E-state index contributed by atoms with van der Waals surface area (Å²) in [5.41, 5.74) is 1.06. The fourth-order valence-corrected chi connectivity index (χ4v) is 2.05. The molecule has 102 valence electrons. The van der Waals surface area contributed by atoms with Crippen molar-refractivity contribution >= 4 is 0 Å². The number of aryl methyl sites for hydroxylation is 2. The van der Waals surface area contributed by atoms with Crippen molar-refractivity contribution in [2.24, 2.45) is 0 Å². The lowest BCUT2D eigenvalue weighted by molar-refractivity contribution is 0.301. The molecule has 0 aromatic carbocycles. The highest BCUT2D eigenvalue weighted by molar-refractivity contribution is 5.02. The number of imidazole rings is 1. The van der Waals surface area contributed by atoms with Gasteiger partial charge >= 0.3 is 0 Å². The van der Waals surface area contributed by atoms with Crippen LogP contribution in [0.25, 0.3) is 0 Å². The third-order valence-electron chi connectivity index (χ3n) is 3.07. The summed E-state index contributed by atoms with van der Waals surface area (Å²) < 4.78 is 2.16. The van der Waals surface area contributed by atoms with Gasteiger partial charge < -0.3 is 4.57 Å². The second-order valence-corrected chi connectivity index (χ2v) is 4.62. The van der Waals surface area contributed by atoms with Gasteiger partial charge in [0.25, 0.3) is 0 Å². The van der Waals surface area contributed by atoms with E-state index in [-0.39, 0.29) is 0 Å². The van der Waals surface area contributed by atoms with E-state index in [4.69, 9.17) is 0 Å². The number of hydrogen-bond acceptors (Lipinski definition) is 4. The largest absolute Gasteiger partial charge is 0.334 e. The molecule has 2 aromatic rings. The zero-order chi connectivity index (χ0) is 13.7. The molecule has 0 aliphatic carbocycles. The summed E-state index contributed by atoms with van der Waals surface area (Å²) in [6.45, 7) is 6.79. The first-order valence-corrected chi connectivity index (χ1v) is 6.72. The molecule has 0 spiro atoms. The summed E-state index contributed by atoms with van der Waals surface area (Å²) in [4.78, 5) is 15.4. The normalized spacial score (nSPS) is 11.2. The summed E-state index contributed by atoms with van der Waals surface area (Å²) >= 11 is 0. The molecule has 0 atom stereocenters. The first-order chi connectivity index (χ1) is 9.22. The van der Waals surface area contributed by atoms with Gasteiger partial charge in [0.1, 0.15) is 11.6 Å². The molecule has 0 saturated carbocycles. The SMILES string of the molecule is CCc1nccc(CN(C)Cc2nccn2CC)n1. The maximum Gasteiger partial charge on any atom is 0.128 e. The average Bonchev–Trinajstić information content (AvgIpc) is 2.86. The van der Waals surface area contributed by atoms with Crippen molar-refractivity contribution in [2.75, 3.05) is 7.05 Å². The number of rotatable bonds is 6. The number of aromatic nitrogens is 4. The van der Waals surface area contributed by atoms with Crippen LogP contribution in [0, 0.1) is 0 Å². The van der Waals surface area contributed by atoms with Gasteiger partial charge in [0.15, 0.2) is 0 Å². The number of nitrogens with zero attached hydrogens (tertiary/aromatic N) is 5. The predicted octanol–water partition coefficient (Wildman–Crippen LogP) is 1.89. The van der Waals surface area contributed by atoms with Crippen molar-refractivity contribution in [3.63, 3.8) is 0 Å². The molecule has 0 aliphatic rings. The molecular weight excluding hydrogens is 238 g/mol. The van der Waals surface area contributed by atoms with E-state index in [9.17, 15) is 0 Å². The van der Waals surface area contributed by atoms with Crippen molar-refractivity contribution < 1.29 is 0 Å². The lowest BCUT2D eigenvalue weighted by Crippen LogP contribution is -2.21. The highest BCUT2D eigenvalue weighted by Gasteiger charge is 2.07. The fourth-order valence-electron chi connectivity index (χ4n) is 2.05. The van der Waals surface area contributed by atoms with E-state index in [0.29, 0.717) is 0 Å². The van der Waals surface area contributed by atoms with Crippen LogP contribution >= 0.6 is 0 Å². The smallest absolute Gasteiger partial charge is 0.128 e. The molecule has 0 radical (unpaired) electrons. The van der Waals surface area contributed by atoms with E-state index >= 15 is 0 Å². The van der Waals surface area contributed by atoms with Crippen LogP contribution in [0.1, 0.15) is 31.2 Å². The average molecular weight is 259 g/mol. The zero-order valence-electron chi connectivity index (χ0n) is 11.9. The van der Waals surface area contributed by atoms with Gasteiger partial charge in [0.2, 0.25) is 0 Å². The van der Waals surface area contributed by atoms with E-state index in [1.165, 1.54) is 0 Å². The Bertz CT molecular complexity index is 520. The molecule has 0 saturated heterocycles. The zero-order valence-corrected chi connectivity index (χ0v) is 11.9. The summed E-state index contributed by atoms with van der Waals surface area (Å²) in [7, 11) is 2.09. The minimum atomic E-state index is 0.812. The van der Waals surface area contributed by atoms with Crippen LogP contribution in [0.5, 0.6) is 0 Å². The molecular formula is C14H21N5. The molecule has 5 heteroatoms. The Kier molecular flexibility index (Phi) is 4.63. The standard InChI is InChI=1S/C14H21N5/c1-4-13-15-7-6-12(17-13)10-18(3)11-14-16-8-9-19(14)5-2/h6-9H,4-5,10-11H2,1-3H3. The first kappa shape index (κ1) is 13.7. The molecule has 5 nitrogen and oxygen atoms in total. The van der Waals surface area contributed by atoms with Gasteiger partial charge in [-0.3, -0.25) is 4.90 Å². The number of hydrogen-bond donors (Lipinski definition) is 0. The van der Waals surface area contributed by atoms with Crippen LogP contribution in [-0.4, -0.2) is 31.5 Å². The van der Waals surface area contributed by atoms with Gasteiger partial charge in [-0.15, -0.1) is 0 Å². The minimum Gasteiger partial charge on any atom is -0.334 e. The van der Waals surface area contributed by atoms with Gasteiger partial charge in [-0.05, 0) is 20.0 Å². The minimum absolute atomic E-state index is 0.812. The van der Waals surface area contributed by atoms with Gasteiger partial charge in [0, 0.05) is 38.1 Å². The van der Waals surface area contributed by atoms with Crippen molar-refractivity contribution in [2.45, 2.75) is 39.9 Å². The molecule has 2 heterocycles. The Morgan fingerprint density at radius 3 is 2.74 bits per heavy atom. The van der Waals surface area contributed by atoms with Gasteiger partial charge in [0.05, 0.1) is 12.2 Å². The Labute approximate surface area is 114 Å². The third kappa shape index (κ3) is 3.61. The van der Waals surface area contributed by atoms with Crippen LogP contribution in [0.3, 0.4) is 0 Å². The van der Waals surface area contributed by atoms with Crippen molar-refractivity contribution in [3.05, 3.63) is 42.0 Å². The highest BCUT2D eigenvalue weighted by atomic mass is 15.2. The lowest BCUT2D eigenvalue weighted by atomic mass is 10.3. The summed E-state index contributed by atoms with van der Waals surface area (Å²) in [5.74, 6) is 2.00. The van der Waals surface area contributed by atoms with Crippen molar-refractivity contribution in [3.8, 4) is 0 Å². The second-order valence-electron chi connectivity index (χ2n) is 4.62. The predicted molar refractivity (Wildman–Crippen MR) is 74.5 cm³/mol. The van der Waals surface area contributed by atoms with E-state index in [1.54, 1.807) is 0 Å². The van der Waals surface area contributed by atoms with Crippen LogP contribution < -0.4 is 0 Å². The maximum atomic E-state index is 4.52. The van der Waals surface area contributed by atoms with Crippen LogP contribution in [0.2, 0.25) is 0 Å². The monoisotopic (exact) mass is 259 g/mol. The van der Waals surface area contributed by atoms with E-state index in [1.807, 2.05) is 24.7 Å². The van der Waals surface area contributed by atoms with E-state index in [2.05, 4.69) is 45.3 Å². The van der Waals surface area contributed by atoms with E-state index in [0.717, 1.165) is 43.4 Å². The van der Waals surface area contributed by atoms with Crippen LogP contribution in [-0.2, 0) is 26.1 Å². The second kappa shape index (κ2) is 6.43. The topological polar surface area (TPSA) is 46.8 Å². The fraction of sp³-hybridized carbons (Fsp3) is 0.500. The van der Waals surface area contributed by atoms with Gasteiger partial charge in [-0.2, -0.15) is 0 Å². The van der Waals surface area contributed by atoms with Crippen LogP contribution in [0.4, 0.5) is 0 Å². The molecule has 19 heavy (non-hydrogen) atoms. The molecule has 0 aliphatic heterocycles. The molecule has 0 bridgehead atoms. The Hall–Kier alpha value is -1.75. The van der Waals surface area contributed by atoms with Crippen LogP contribution in [0.15, 0.2) is 24.7 Å². The molecule has 0 fully saturated rings. The van der Waals surface area contributed by atoms with Gasteiger partial charge in [-0.25, -0.2) is 15.0 Å². The Balaban J connectivity index is 1.99. The Morgan fingerprint density at radius 1 is 1.16 bits per heavy atom. The van der Waals surface area contributed by atoms with Crippen molar-refractivity contribution in [1.82, 2.24) is 24.4 Å². The van der Waals surface area contributed by atoms with Crippen molar-refractivity contribution in [1.29, 1.82) is 0 Å². The maximum absolute atomic E-state index is 4.52. The molecule has 0 N–H and O–H groups in total. The lowest BCUT2D eigenvalue weighted by Gasteiger charge is -2.16. The summed E-state index contributed by atoms with van der Waals surface area (Å²) in [5, 5.41) is 0. The molecule has 2 rings (SSSR count). The first-order valence-electron chi connectivity index (χ1n) is 6.72. The Morgan fingerprint density at radius 2 is 2.00 bits per heavy atom. The molecule has 2 aromatic heterocycles.